The van der Waals surface area contributed by atoms with Crippen LogP contribution in [0.4, 0.5) is 0 Å². The fourth-order valence-electron chi connectivity index (χ4n) is 2.46. The van der Waals surface area contributed by atoms with Gasteiger partial charge in [-0.15, -0.1) is 11.3 Å². The van der Waals surface area contributed by atoms with Gasteiger partial charge in [0, 0.05) is 23.7 Å². The van der Waals surface area contributed by atoms with Crippen molar-refractivity contribution in [3.05, 3.63) is 63.5 Å². The summed E-state index contributed by atoms with van der Waals surface area (Å²) >= 11 is 1.34. The number of carbonyl (C=O) groups is 1. The molecule has 146 valence electrons. The van der Waals surface area contributed by atoms with Crippen LogP contribution >= 0.6 is 11.3 Å². The Morgan fingerprint density at radius 1 is 1.29 bits per heavy atom. The topological polar surface area (TPSA) is 79.1 Å². The summed E-state index contributed by atoms with van der Waals surface area (Å²) in [7, 11) is 1.56. The van der Waals surface area contributed by atoms with E-state index in [1.165, 1.54) is 27.9 Å². The van der Waals surface area contributed by atoms with Crippen LogP contribution in [0.5, 0.6) is 11.5 Å². The second-order valence-electron chi connectivity index (χ2n) is 6.16. The summed E-state index contributed by atoms with van der Waals surface area (Å²) < 4.78 is 17.6. The van der Waals surface area contributed by atoms with Crippen molar-refractivity contribution in [2.24, 2.45) is 0 Å². The van der Waals surface area contributed by atoms with Gasteiger partial charge in [-0.3, -0.25) is 9.20 Å². The smallest absolute Gasteiger partial charge is 0.331 e. The van der Waals surface area contributed by atoms with Gasteiger partial charge in [0.25, 0.3) is 5.56 Å². The van der Waals surface area contributed by atoms with Crippen LogP contribution in [0.2, 0.25) is 0 Å². The van der Waals surface area contributed by atoms with Gasteiger partial charge in [-0.2, -0.15) is 0 Å². The fraction of sp³-hybridized carbons (Fsp3) is 0.250. The molecule has 2 heterocycles. The predicted molar refractivity (Wildman–Crippen MR) is 107 cm³/mol. The van der Waals surface area contributed by atoms with Gasteiger partial charge in [-0.25, -0.2) is 9.78 Å². The molecule has 0 fully saturated rings. The lowest BCUT2D eigenvalue weighted by molar-refractivity contribution is -0.139. The number of aromatic nitrogens is 2. The number of nitrogens with zero attached hydrogens (tertiary/aromatic N) is 2. The number of rotatable bonds is 7. The average molecular weight is 400 g/mol. The van der Waals surface area contributed by atoms with Crippen molar-refractivity contribution in [1.29, 1.82) is 0 Å². The Bertz CT molecular complexity index is 1070. The molecule has 0 aliphatic heterocycles. The van der Waals surface area contributed by atoms with Crippen molar-refractivity contribution in [3.63, 3.8) is 0 Å². The fourth-order valence-corrected chi connectivity index (χ4v) is 3.20. The molecular formula is C20H20N2O5S. The maximum absolute atomic E-state index is 12.0. The quantitative estimate of drug-likeness (QED) is 0.447. The summed E-state index contributed by atoms with van der Waals surface area (Å²) in [5.41, 5.74) is 0.968. The van der Waals surface area contributed by atoms with Crippen LogP contribution in [-0.2, 0) is 16.1 Å². The number of esters is 1. The van der Waals surface area contributed by atoms with Crippen molar-refractivity contribution in [2.75, 3.05) is 7.11 Å². The molecule has 0 unspecified atom stereocenters. The van der Waals surface area contributed by atoms with Crippen LogP contribution in [0, 0.1) is 0 Å². The molecule has 3 rings (SSSR count). The molecule has 3 aromatic rings. The number of carbonyl (C=O) groups excluding carboxylic acids is 1. The van der Waals surface area contributed by atoms with Crippen molar-refractivity contribution < 1.29 is 19.0 Å². The number of ether oxygens (including phenoxy) is 3. The normalized spacial score (nSPS) is 11.3. The zero-order valence-corrected chi connectivity index (χ0v) is 16.6. The summed E-state index contributed by atoms with van der Waals surface area (Å²) in [5.74, 6) is 0.686. The highest BCUT2D eigenvalue weighted by Gasteiger charge is 2.08. The van der Waals surface area contributed by atoms with Crippen LogP contribution in [0.15, 0.2) is 46.7 Å². The van der Waals surface area contributed by atoms with Gasteiger partial charge < -0.3 is 14.2 Å². The Morgan fingerprint density at radius 3 is 2.86 bits per heavy atom. The van der Waals surface area contributed by atoms with Crippen LogP contribution < -0.4 is 15.0 Å². The van der Waals surface area contributed by atoms with Gasteiger partial charge in [-0.05, 0) is 37.6 Å². The Kier molecular flexibility index (Phi) is 6.10. The Balaban J connectivity index is 1.63. The van der Waals surface area contributed by atoms with Gasteiger partial charge in [0.2, 0.25) is 0 Å². The molecule has 0 spiro atoms. The highest BCUT2D eigenvalue weighted by molar-refractivity contribution is 7.15. The van der Waals surface area contributed by atoms with Crippen LogP contribution in [0.25, 0.3) is 11.0 Å². The standard InChI is InChI=1S/C20H20N2O5S/c1-13(2)27-16-6-4-14(10-17(16)25-3)5-7-19(24)26-12-15-11-18(23)22-8-9-28-20(22)21-15/h4-11,13H,12H2,1-3H3/b7-5+. The predicted octanol–water partition coefficient (Wildman–Crippen LogP) is 3.31. The maximum Gasteiger partial charge on any atom is 0.331 e. The monoisotopic (exact) mass is 400 g/mol. The summed E-state index contributed by atoms with van der Waals surface area (Å²) in [6, 6.07) is 6.73. The lowest BCUT2D eigenvalue weighted by atomic mass is 10.2. The number of thiazole rings is 1. The van der Waals surface area contributed by atoms with Crippen molar-refractivity contribution in [2.45, 2.75) is 26.6 Å². The molecule has 0 saturated carbocycles. The number of fused-ring (bicyclic) bond motifs is 1. The largest absolute Gasteiger partial charge is 0.493 e. The summed E-state index contributed by atoms with van der Waals surface area (Å²) in [6.07, 6.45) is 4.61. The lowest BCUT2D eigenvalue weighted by Gasteiger charge is -2.13. The van der Waals surface area contributed by atoms with E-state index in [1.807, 2.05) is 19.9 Å². The van der Waals surface area contributed by atoms with Crippen LogP contribution in [0.1, 0.15) is 25.1 Å². The van der Waals surface area contributed by atoms with Gasteiger partial charge in [0.15, 0.2) is 16.5 Å². The third-order valence-corrected chi connectivity index (χ3v) is 4.44. The van der Waals surface area contributed by atoms with Gasteiger partial charge in [0.05, 0.1) is 18.9 Å². The van der Waals surface area contributed by atoms with E-state index >= 15 is 0 Å². The molecule has 0 radical (unpaired) electrons. The first-order valence-electron chi connectivity index (χ1n) is 8.61. The molecule has 1 aromatic carbocycles. The summed E-state index contributed by atoms with van der Waals surface area (Å²) in [5, 5.41) is 1.77. The van der Waals surface area contributed by atoms with Crippen molar-refractivity contribution >= 4 is 28.3 Å². The molecule has 0 N–H and O–H groups in total. The van der Waals surface area contributed by atoms with Gasteiger partial charge in [-0.1, -0.05) is 6.07 Å². The van der Waals surface area contributed by atoms with E-state index in [0.29, 0.717) is 22.2 Å². The first-order valence-corrected chi connectivity index (χ1v) is 9.49. The minimum Gasteiger partial charge on any atom is -0.493 e. The van der Waals surface area contributed by atoms with E-state index in [4.69, 9.17) is 14.2 Å². The third-order valence-electron chi connectivity index (χ3n) is 3.68. The molecule has 0 bridgehead atoms. The Hall–Kier alpha value is -3.13. The second kappa shape index (κ2) is 8.71. The molecule has 2 aromatic heterocycles. The van der Waals surface area contributed by atoms with Crippen LogP contribution in [0.3, 0.4) is 0 Å². The van der Waals surface area contributed by atoms with E-state index in [-0.39, 0.29) is 18.3 Å². The highest BCUT2D eigenvalue weighted by Crippen LogP contribution is 2.29. The number of hydrogen-bond donors (Lipinski definition) is 0. The van der Waals surface area contributed by atoms with E-state index in [0.717, 1.165) is 5.56 Å². The summed E-state index contributed by atoms with van der Waals surface area (Å²) in [6.45, 7) is 3.79. The molecule has 28 heavy (non-hydrogen) atoms. The first kappa shape index (κ1) is 19.6. The molecule has 0 atom stereocenters. The van der Waals surface area contributed by atoms with E-state index in [2.05, 4.69) is 4.98 Å². The number of methoxy groups -OCH3 is 1. The van der Waals surface area contributed by atoms with Crippen molar-refractivity contribution in [1.82, 2.24) is 9.38 Å². The molecule has 0 saturated heterocycles. The van der Waals surface area contributed by atoms with Crippen molar-refractivity contribution in [3.8, 4) is 11.5 Å². The molecule has 8 heteroatoms. The van der Waals surface area contributed by atoms with Crippen LogP contribution in [-0.4, -0.2) is 28.6 Å². The number of benzene rings is 1. The molecule has 0 aliphatic rings. The molecule has 7 nitrogen and oxygen atoms in total. The lowest BCUT2D eigenvalue weighted by Crippen LogP contribution is -2.14. The minimum absolute atomic E-state index is 0.0281. The maximum atomic E-state index is 12.0. The second-order valence-corrected chi connectivity index (χ2v) is 7.03. The SMILES string of the molecule is COc1cc(/C=C/C(=O)OCc2cc(=O)n3ccsc3n2)ccc1OC(C)C. The molecule has 0 amide bonds. The van der Waals surface area contributed by atoms with E-state index in [9.17, 15) is 9.59 Å². The zero-order valence-electron chi connectivity index (χ0n) is 15.7. The van der Waals surface area contributed by atoms with Gasteiger partial charge >= 0.3 is 5.97 Å². The highest BCUT2D eigenvalue weighted by atomic mass is 32.1. The Morgan fingerprint density at radius 2 is 2.11 bits per heavy atom. The average Bonchev–Trinajstić information content (AvgIpc) is 3.14. The van der Waals surface area contributed by atoms with E-state index in [1.54, 1.807) is 36.9 Å². The molecule has 0 aliphatic carbocycles. The third kappa shape index (κ3) is 4.77. The van der Waals surface area contributed by atoms with Gasteiger partial charge in [0.1, 0.15) is 6.61 Å². The first-order chi connectivity index (χ1) is 13.5. The number of hydrogen-bond acceptors (Lipinski definition) is 7. The summed E-state index contributed by atoms with van der Waals surface area (Å²) in [4.78, 5) is 28.8. The van der Waals surface area contributed by atoms with E-state index < -0.39 is 5.97 Å². The zero-order chi connectivity index (χ0) is 20.1. The minimum atomic E-state index is -0.533. The Labute approximate surface area is 165 Å². The molecular weight excluding hydrogens is 380 g/mol.